The van der Waals surface area contributed by atoms with Gasteiger partial charge in [-0.2, -0.15) is 0 Å². The van der Waals surface area contributed by atoms with Gasteiger partial charge in [0.05, 0.1) is 17.5 Å². The molecule has 0 saturated carbocycles. The van der Waals surface area contributed by atoms with E-state index < -0.39 is 0 Å². The largest absolute Gasteiger partial charge is 0.494 e. The van der Waals surface area contributed by atoms with Gasteiger partial charge in [0, 0.05) is 28.4 Å². The first-order chi connectivity index (χ1) is 11.6. The molecule has 0 aliphatic heterocycles. The van der Waals surface area contributed by atoms with Crippen LogP contribution in [0.25, 0.3) is 10.9 Å². The van der Waals surface area contributed by atoms with Crippen LogP contribution in [0.3, 0.4) is 0 Å². The summed E-state index contributed by atoms with van der Waals surface area (Å²) >= 11 is 7.48. The number of carbonyl (C=O) groups is 1. The molecular weight excluding hydrogens is 344 g/mol. The Morgan fingerprint density at radius 3 is 2.75 bits per heavy atom. The standard InChI is InChI=1S/C18H19ClN2O2S/c1-3-21(11-14-7-8-17(19)24-14)18(22)16-9-12-5-6-13(23-4-2)10-15(12)20-16/h5-10,20H,3-4,11H2,1-2H3. The Morgan fingerprint density at radius 1 is 1.25 bits per heavy atom. The van der Waals surface area contributed by atoms with Crippen molar-refractivity contribution in [3.8, 4) is 5.75 Å². The Labute approximate surface area is 150 Å². The Morgan fingerprint density at radius 2 is 2.08 bits per heavy atom. The average molecular weight is 363 g/mol. The third kappa shape index (κ3) is 3.57. The third-order valence-electron chi connectivity index (χ3n) is 3.78. The van der Waals surface area contributed by atoms with E-state index in [-0.39, 0.29) is 5.91 Å². The van der Waals surface area contributed by atoms with E-state index in [9.17, 15) is 4.79 Å². The highest BCUT2D eigenvalue weighted by Crippen LogP contribution is 2.25. The number of hydrogen-bond donors (Lipinski definition) is 1. The van der Waals surface area contributed by atoms with Gasteiger partial charge in [0.2, 0.25) is 0 Å². The molecule has 0 radical (unpaired) electrons. The Kier molecular flexibility index (Phi) is 5.11. The van der Waals surface area contributed by atoms with Gasteiger partial charge < -0.3 is 14.6 Å². The highest BCUT2D eigenvalue weighted by atomic mass is 35.5. The van der Waals surface area contributed by atoms with Gasteiger partial charge in [0.15, 0.2) is 0 Å². The molecule has 0 atom stereocenters. The third-order valence-corrected chi connectivity index (χ3v) is 5.00. The van der Waals surface area contributed by atoms with Crippen molar-refractivity contribution in [2.24, 2.45) is 0 Å². The first-order valence-corrected chi connectivity index (χ1v) is 9.09. The summed E-state index contributed by atoms with van der Waals surface area (Å²) in [6.07, 6.45) is 0. The second kappa shape index (κ2) is 7.28. The number of ether oxygens (including phenoxy) is 1. The zero-order valence-corrected chi connectivity index (χ0v) is 15.2. The van der Waals surface area contributed by atoms with Gasteiger partial charge in [0.1, 0.15) is 11.4 Å². The number of benzene rings is 1. The van der Waals surface area contributed by atoms with Crippen molar-refractivity contribution in [1.29, 1.82) is 0 Å². The van der Waals surface area contributed by atoms with Crippen LogP contribution in [0, 0.1) is 0 Å². The fraction of sp³-hybridized carbons (Fsp3) is 0.278. The number of halogens is 1. The molecule has 126 valence electrons. The molecule has 0 saturated heterocycles. The van der Waals surface area contributed by atoms with Crippen LogP contribution in [0.2, 0.25) is 4.34 Å². The molecule has 0 bridgehead atoms. The number of aromatic nitrogens is 1. The first-order valence-electron chi connectivity index (χ1n) is 7.89. The highest BCUT2D eigenvalue weighted by Gasteiger charge is 2.17. The molecule has 0 unspecified atom stereocenters. The van der Waals surface area contributed by atoms with E-state index in [0.717, 1.165) is 25.9 Å². The summed E-state index contributed by atoms with van der Waals surface area (Å²) in [5.41, 5.74) is 1.49. The van der Waals surface area contributed by atoms with E-state index in [4.69, 9.17) is 16.3 Å². The zero-order valence-electron chi connectivity index (χ0n) is 13.6. The molecule has 3 aromatic rings. The number of nitrogens with zero attached hydrogens (tertiary/aromatic N) is 1. The van der Waals surface area contributed by atoms with Crippen LogP contribution in [0.1, 0.15) is 29.2 Å². The lowest BCUT2D eigenvalue weighted by Crippen LogP contribution is -2.30. The van der Waals surface area contributed by atoms with Crippen molar-refractivity contribution in [2.75, 3.05) is 13.2 Å². The monoisotopic (exact) mass is 362 g/mol. The fourth-order valence-corrected chi connectivity index (χ4v) is 3.70. The van der Waals surface area contributed by atoms with E-state index in [1.807, 2.05) is 50.2 Å². The topological polar surface area (TPSA) is 45.3 Å². The van der Waals surface area contributed by atoms with E-state index in [1.165, 1.54) is 11.3 Å². The smallest absolute Gasteiger partial charge is 0.270 e. The number of nitrogens with one attached hydrogen (secondary N) is 1. The number of carbonyl (C=O) groups excluding carboxylic acids is 1. The predicted octanol–water partition coefficient (Wildman–Crippen LogP) is 4.94. The maximum absolute atomic E-state index is 12.8. The molecule has 0 fully saturated rings. The zero-order chi connectivity index (χ0) is 17.1. The first kappa shape index (κ1) is 16.9. The molecule has 1 aromatic carbocycles. The predicted molar refractivity (Wildman–Crippen MR) is 99.2 cm³/mol. The summed E-state index contributed by atoms with van der Waals surface area (Å²) in [5.74, 6) is 0.780. The summed E-state index contributed by atoms with van der Waals surface area (Å²) in [5, 5.41) is 0.997. The number of thiophene rings is 1. The second-order valence-electron chi connectivity index (χ2n) is 5.39. The lowest BCUT2D eigenvalue weighted by molar-refractivity contribution is 0.0749. The second-order valence-corrected chi connectivity index (χ2v) is 7.19. The summed E-state index contributed by atoms with van der Waals surface area (Å²) in [6.45, 7) is 5.73. The van der Waals surface area contributed by atoms with Crippen LogP contribution in [0.5, 0.6) is 5.75 Å². The number of aromatic amines is 1. The lowest BCUT2D eigenvalue weighted by atomic mass is 10.2. The van der Waals surface area contributed by atoms with Crippen molar-refractivity contribution in [2.45, 2.75) is 20.4 Å². The molecule has 2 heterocycles. The van der Waals surface area contributed by atoms with Crippen molar-refractivity contribution < 1.29 is 9.53 Å². The van der Waals surface area contributed by atoms with Crippen LogP contribution < -0.4 is 4.74 Å². The summed E-state index contributed by atoms with van der Waals surface area (Å²) < 4.78 is 6.25. The Bertz CT molecular complexity index is 856. The van der Waals surface area contributed by atoms with E-state index in [1.54, 1.807) is 4.90 Å². The lowest BCUT2D eigenvalue weighted by Gasteiger charge is -2.19. The van der Waals surface area contributed by atoms with Gasteiger partial charge in [-0.1, -0.05) is 11.6 Å². The average Bonchev–Trinajstić information content (AvgIpc) is 3.17. The molecule has 0 aliphatic carbocycles. The number of hydrogen-bond acceptors (Lipinski definition) is 3. The normalized spacial score (nSPS) is 11.0. The minimum Gasteiger partial charge on any atom is -0.494 e. The molecule has 1 amide bonds. The summed E-state index contributed by atoms with van der Waals surface area (Å²) in [6, 6.07) is 11.5. The minimum atomic E-state index is -0.0174. The summed E-state index contributed by atoms with van der Waals surface area (Å²) in [7, 11) is 0. The maximum Gasteiger partial charge on any atom is 0.270 e. The van der Waals surface area contributed by atoms with Gasteiger partial charge in [-0.25, -0.2) is 0 Å². The van der Waals surface area contributed by atoms with Gasteiger partial charge in [-0.15, -0.1) is 11.3 Å². The fourth-order valence-electron chi connectivity index (χ4n) is 2.60. The minimum absolute atomic E-state index is 0.0174. The molecule has 1 N–H and O–H groups in total. The van der Waals surface area contributed by atoms with Gasteiger partial charge in [-0.05, 0) is 44.2 Å². The molecule has 2 aromatic heterocycles. The van der Waals surface area contributed by atoms with E-state index in [2.05, 4.69) is 4.98 Å². The molecule has 4 nitrogen and oxygen atoms in total. The molecule has 0 spiro atoms. The highest BCUT2D eigenvalue weighted by molar-refractivity contribution is 7.16. The Balaban J connectivity index is 1.83. The van der Waals surface area contributed by atoms with Crippen LogP contribution in [-0.4, -0.2) is 28.9 Å². The Hall–Kier alpha value is -1.98. The van der Waals surface area contributed by atoms with Gasteiger partial charge in [0.25, 0.3) is 5.91 Å². The molecule has 0 aliphatic rings. The quantitative estimate of drug-likeness (QED) is 0.674. The van der Waals surface area contributed by atoms with Crippen LogP contribution >= 0.6 is 22.9 Å². The van der Waals surface area contributed by atoms with E-state index >= 15 is 0 Å². The van der Waals surface area contributed by atoms with Crippen LogP contribution in [0.4, 0.5) is 0 Å². The van der Waals surface area contributed by atoms with Crippen molar-refractivity contribution in [3.05, 3.63) is 51.3 Å². The molecule has 24 heavy (non-hydrogen) atoms. The summed E-state index contributed by atoms with van der Waals surface area (Å²) in [4.78, 5) is 18.9. The molecule has 3 rings (SSSR count). The number of amides is 1. The number of H-pyrrole nitrogens is 1. The van der Waals surface area contributed by atoms with E-state index in [0.29, 0.717) is 25.4 Å². The molecular formula is C18H19ClN2O2S. The van der Waals surface area contributed by atoms with Crippen molar-refractivity contribution in [1.82, 2.24) is 9.88 Å². The maximum atomic E-state index is 12.8. The molecule has 6 heteroatoms. The van der Waals surface area contributed by atoms with Crippen molar-refractivity contribution in [3.63, 3.8) is 0 Å². The number of rotatable bonds is 6. The van der Waals surface area contributed by atoms with Gasteiger partial charge >= 0.3 is 0 Å². The van der Waals surface area contributed by atoms with Crippen LogP contribution in [0.15, 0.2) is 36.4 Å². The number of fused-ring (bicyclic) bond motifs is 1. The van der Waals surface area contributed by atoms with Crippen LogP contribution in [-0.2, 0) is 6.54 Å². The SMILES string of the molecule is CCOc1ccc2cc(C(=O)N(CC)Cc3ccc(Cl)s3)[nH]c2c1. The van der Waals surface area contributed by atoms with Crippen molar-refractivity contribution >= 4 is 39.7 Å². The van der Waals surface area contributed by atoms with Gasteiger partial charge in [-0.3, -0.25) is 4.79 Å².